The molecule has 0 saturated carbocycles. The summed E-state index contributed by atoms with van der Waals surface area (Å²) in [6, 6.07) is 12.8. The zero-order chi connectivity index (χ0) is 18.5. The van der Waals surface area contributed by atoms with Gasteiger partial charge in [-0.1, -0.05) is 36.4 Å². The summed E-state index contributed by atoms with van der Waals surface area (Å²) in [7, 11) is 0. The molecule has 0 aliphatic carbocycles. The van der Waals surface area contributed by atoms with E-state index in [1.165, 1.54) is 18.2 Å². The molecule has 0 bridgehead atoms. The third-order valence-electron chi connectivity index (χ3n) is 4.02. The van der Waals surface area contributed by atoms with Crippen molar-refractivity contribution in [3.8, 4) is 0 Å². The number of benzene rings is 2. The Morgan fingerprint density at radius 1 is 1.15 bits per heavy atom. The van der Waals surface area contributed by atoms with E-state index in [0.29, 0.717) is 6.42 Å². The summed E-state index contributed by atoms with van der Waals surface area (Å²) in [4.78, 5) is 27.1. The number of aromatic nitrogens is 1. The van der Waals surface area contributed by atoms with Crippen LogP contribution in [0.15, 0.2) is 60.8 Å². The average Bonchev–Trinajstić information content (AvgIpc) is 3.04. The molecule has 1 atom stereocenters. The van der Waals surface area contributed by atoms with Crippen molar-refractivity contribution in [2.45, 2.75) is 12.5 Å². The van der Waals surface area contributed by atoms with E-state index < -0.39 is 23.7 Å². The highest BCUT2D eigenvalue weighted by Gasteiger charge is 2.17. The number of hydrogen-bond donors (Lipinski definition) is 3. The molecule has 132 valence electrons. The van der Waals surface area contributed by atoms with Gasteiger partial charge in [0, 0.05) is 28.7 Å². The highest BCUT2D eigenvalue weighted by molar-refractivity contribution is 6.04. The number of carbonyl (C=O) groups is 2. The lowest BCUT2D eigenvalue weighted by molar-refractivity contribution is -0.128. The van der Waals surface area contributed by atoms with Gasteiger partial charge in [0.1, 0.15) is 5.82 Å². The molecule has 0 spiro atoms. The van der Waals surface area contributed by atoms with Gasteiger partial charge in [0.05, 0.1) is 6.04 Å². The first-order valence-corrected chi connectivity index (χ1v) is 8.12. The Balaban J connectivity index is 1.60. The molecule has 2 aromatic carbocycles. The van der Waals surface area contributed by atoms with Gasteiger partial charge >= 0.3 is 0 Å². The highest BCUT2D eigenvalue weighted by atomic mass is 19.1. The SMILES string of the molecule is N[C@@H](Cc1c[nH]c2ccccc12)C(=O)NC(=O)C=Cc1ccccc1F. The standard InChI is InChI=1S/C20H18FN3O2/c21-16-7-3-1-5-13(16)9-10-19(25)24-20(26)17(22)11-14-12-23-18-8-4-2-6-15(14)18/h1-10,12,17,23H,11,22H2,(H,24,25,26)/t17-/m0/s1. The molecule has 0 aliphatic heterocycles. The number of nitrogens with two attached hydrogens (primary N) is 1. The molecule has 5 nitrogen and oxygen atoms in total. The third-order valence-corrected chi connectivity index (χ3v) is 4.02. The first-order chi connectivity index (χ1) is 12.5. The number of H-pyrrole nitrogens is 1. The van der Waals surface area contributed by atoms with Gasteiger partial charge in [0.15, 0.2) is 0 Å². The molecule has 0 unspecified atom stereocenters. The fraction of sp³-hybridized carbons (Fsp3) is 0.100. The van der Waals surface area contributed by atoms with Gasteiger partial charge in [-0.3, -0.25) is 14.9 Å². The van der Waals surface area contributed by atoms with Crippen LogP contribution in [0.2, 0.25) is 0 Å². The van der Waals surface area contributed by atoms with Crippen LogP contribution >= 0.6 is 0 Å². The number of carbonyl (C=O) groups excluding carboxylic acids is 2. The van der Waals surface area contributed by atoms with Crippen molar-refractivity contribution >= 4 is 28.8 Å². The summed E-state index contributed by atoms with van der Waals surface area (Å²) in [5.74, 6) is -1.68. The number of halogens is 1. The van der Waals surface area contributed by atoms with Crippen molar-refractivity contribution in [1.29, 1.82) is 0 Å². The number of aromatic amines is 1. The molecule has 0 saturated heterocycles. The predicted molar refractivity (Wildman–Crippen MR) is 98.6 cm³/mol. The summed E-state index contributed by atoms with van der Waals surface area (Å²) >= 11 is 0. The fourth-order valence-corrected chi connectivity index (χ4v) is 2.66. The molecule has 0 radical (unpaired) electrons. The van der Waals surface area contributed by atoms with Crippen LogP contribution in [0, 0.1) is 5.82 Å². The number of imide groups is 1. The Morgan fingerprint density at radius 3 is 2.69 bits per heavy atom. The Hall–Kier alpha value is -3.25. The van der Waals surface area contributed by atoms with Gasteiger partial charge in [0.2, 0.25) is 5.91 Å². The van der Waals surface area contributed by atoms with Crippen LogP contribution in [0.3, 0.4) is 0 Å². The summed E-state index contributed by atoms with van der Waals surface area (Å²) in [6.45, 7) is 0. The van der Waals surface area contributed by atoms with Gasteiger partial charge in [-0.05, 0) is 30.2 Å². The van der Waals surface area contributed by atoms with E-state index in [-0.39, 0.29) is 5.56 Å². The van der Waals surface area contributed by atoms with Crippen molar-refractivity contribution in [3.05, 3.63) is 77.7 Å². The number of amides is 2. The predicted octanol–water partition coefficient (Wildman–Crippen LogP) is 2.53. The summed E-state index contributed by atoms with van der Waals surface area (Å²) in [5, 5.41) is 3.20. The summed E-state index contributed by atoms with van der Waals surface area (Å²) < 4.78 is 13.5. The van der Waals surface area contributed by atoms with Gasteiger partial charge in [0.25, 0.3) is 5.91 Å². The Labute approximate surface area is 149 Å². The van der Waals surface area contributed by atoms with Gasteiger partial charge in [-0.25, -0.2) is 4.39 Å². The van der Waals surface area contributed by atoms with E-state index in [2.05, 4.69) is 10.3 Å². The van der Waals surface area contributed by atoms with Crippen molar-refractivity contribution in [2.24, 2.45) is 5.73 Å². The average molecular weight is 351 g/mol. The number of fused-ring (bicyclic) bond motifs is 1. The number of nitrogens with one attached hydrogen (secondary N) is 2. The Morgan fingerprint density at radius 2 is 1.88 bits per heavy atom. The van der Waals surface area contributed by atoms with Crippen molar-refractivity contribution in [2.75, 3.05) is 0 Å². The molecule has 6 heteroatoms. The second-order valence-corrected chi connectivity index (χ2v) is 5.88. The van der Waals surface area contributed by atoms with Gasteiger partial charge in [-0.15, -0.1) is 0 Å². The molecule has 1 aromatic heterocycles. The molecule has 0 fully saturated rings. The van der Waals surface area contributed by atoms with E-state index in [9.17, 15) is 14.0 Å². The molecule has 1 heterocycles. The summed E-state index contributed by atoms with van der Waals surface area (Å²) in [5.41, 5.74) is 8.04. The van der Waals surface area contributed by atoms with Gasteiger partial charge in [-0.2, -0.15) is 0 Å². The van der Waals surface area contributed by atoms with Crippen LogP contribution in [0.1, 0.15) is 11.1 Å². The highest BCUT2D eigenvalue weighted by Crippen LogP contribution is 2.18. The van der Waals surface area contributed by atoms with Crippen LogP contribution in [0.4, 0.5) is 4.39 Å². The third kappa shape index (κ3) is 4.04. The molecular formula is C20H18FN3O2. The topological polar surface area (TPSA) is 88.0 Å². The first-order valence-electron chi connectivity index (χ1n) is 8.12. The maximum Gasteiger partial charge on any atom is 0.250 e. The molecule has 0 aliphatic rings. The molecule has 2 amide bonds. The van der Waals surface area contributed by atoms with Crippen LogP contribution in [-0.2, 0) is 16.0 Å². The monoisotopic (exact) mass is 351 g/mol. The largest absolute Gasteiger partial charge is 0.361 e. The van der Waals surface area contributed by atoms with Crippen LogP contribution in [0.25, 0.3) is 17.0 Å². The van der Waals surface area contributed by atoms with E-state index >= 15 is 0 Å². The zero-order valence-corrected chi connectivity index (χ0v) is 13.9. The van der Waals surface area contributed by atoms with Crippen LogP contribution in [0.5, 0.6) is 0 Å². The quantitative estimate of drug-likeness (QED) is 0.617. The number of hydrogen-bond acceptors (Lipinski definition) is 3. The van der Waals surface area contributed by atoms with E-state index in [1.54, 1.807) is 18.3 Å². The fourth-order valence-electron chi connectivity index (χ4n) is 2.66. The van der Waals surface area contributed by atoms with E-state index in [4.69, 9.17) is 5.73 Å². The zero-order valence-electron chi connectivity index (χ0n) is 13.9. The molecular weight excluding hydrogens is 333 g/mol. The number of para-hydroxylation sites is 1. The second-order valence-electron chi connectivity index (χ2n) is 5.88. The maximum absolute atomic E-state index is 13.5. The molecule has 3 aromatic rings. The minimum atomic E-state index is -0.875. The normalized spacial score (nSPS) is 12.4. The number of rotatable bonds is 5. The first kappa shape index (κ1) is 17.6. The lowest BCUT2D eigenvalue weighted by Gasteiger charge is -2.10. The Kier molecular flexibility index (Phi) is 5.24. The minimum Gasteiger partial charge on any atom is -0.361 e. The van der Waals surface area contributed by atoms with E-state index in [0.717, 1.165) is 22.5 Å². The summed E-state index contributed by atoms with van der Waals surface area (Å²) in [6.07, 6.45) is 4.51. The van der Waals surface area contributed by atoms with Crippen molar-refractivity contribution < 1.29 is 14.0 Å². The van der Waals surface area contributed by atoms with Crippen molar-refractivity contribution in [3.63, 3.8) is 0 Å². The smallest absolute Gasteiger partial charge is 0.250 e. The lowest BCUT2D eigenvalue weighted by Crippen LogP contribution is -2.44. The van der Waals surface area contributed by atoms with Gasteiger partial charge < -0.3 is 10.7 Å². The molecule has 3 rings (SSSR count). The maximum atomic E-state index is 13.5. The molecule has 4 N–H and O–H groups in total. The Bertz CT molecular complexity index is 978. The van der Waals surface area contributed by atoms with Crippen LogP contribution < -0.4 is 11.1 Å². The van der Waals surface area contributed by atoms with Crippen LogP contribution in [-0.4, -0.2) is 22.8 Å². The minimum absolute atomic E-state index is 0.262. The second kappa shape index (κ2) is 7.76. The van der Waals surface area contributed by atoms with E-state index in [1.807, 2.05) is 24.3 Å². The lowest BCUT2D eigenvalue weighted by atomic mass is 10.1. The molecule has 26 heavy (non-hydrogen) atoms. The van der Waals surface area contributed by atoms with Crippen molar-refractivity contribution in [1.82, 2.24) is 10.3 Å².